The van der Waals surface area contributed by atoms with Crippen LogP contribution in [0.15, 0.2) is 41.9 Å². The molecule has 128 valence electrons. The molecule has 0 fully saturated rings. The molecule has 1 aromatic carbocycles. The first-order chi connectivity index (χ1) is 11.2. The van der Waals surface area contributed by atoms with E-state index in [1.807, 2.05) is 19.2 Å². The third-order valence-corrected chi connectivity index (χ3v) is 3.83. The van der Waals surface area contributed by atoms with Crippen molar-refractivity contribution in [3.63, 3.8) is 0 Å². The number of hydrogen-bond acceptors (Lipinski definition) is 2. The van der Waals surface area contributed by atoms with Crippen LogP contribution in [0.25, 0.3) is 0 Å². The first kappa shape index (κ1) is 19.2. The van der Waals surface area contributed by atoms with Crippen molar-refractivity contribution in [1.82, 2.24) is 10.2 Å². The maximum atomic E-state index is 5.26. The van der Waals surface area contributed by atoms with Gasteiger partial charge in [-0.1, -0.05) is 36.8 Å². The van der Waals surface area contributed by atoms with E-state index < -0.39 is 0 Å². The molecule has 0 aliphatic carbocycles. The Labute approximate surface area is 141 Å². The molecule has 0 saturated heterocycles. The molecule has 0 aliphatic heterocycles. The van der Waals surface area contributed by atoms with E-state index in [1.165, 1.54) is 30.4 Å². The predicted octanol–water partition coefficient (Wildman–Crippen LogP) is 3.59. The Morgan fingerprint density at radius 1 is 1.26 bits per heavy atom. The molecule has 0 saturated carbocycles. The van der Waals surface area contributed by atoms with Crippen molar-refractivity contribution in [3.8, 4) is 0 Å². The SMILES string of the molecule is C=CCCCCCN(C)C(=NC)NCc1ccccc1COC. The molecule has 4 nitrogen and oxygen atoms in total. The average Bonchev–Trinajstić information content (AvgIpc) is 2.57. The number of benzene rings is 1. The number of aliphatic imine (C=N–C) groups is 1. The van der Waals surface area contributed by atoms with Gasteiger partial charge in [0.15, 0.2) is 5.96 Å². The highest BCUT2D eigenvalue weighted by Crippen LogP contribution is 2.10. The summed E-state index contributed by atoms with van der Waals surface area (Å²) < 4.78 is 5.26. The summed E-state index contributed by atoms with van der Waals surface area (Å²) in [5.41, 5.74) is 2.46. The highest BCUT2D eigenvalue weighted by molar-refractivity contribution is 5.79. The van der Waals surface area contributed by atoms with Crippen molar-refractivity contribution < 1.29 is 4.74 Å². The van der Waals surface area contributed by atoms with Crippen molar-refractivity contribution in [2.24, 2.45) is 4.99 Å². The summed E-state index contributed by atoms with van der Waals surface area (Å²) in [6.45, 7) is 6.16. The van der Waals surface area contributed by atoms with Crippen molar-refractivity contribution in [1.29, 1.82) is 0 Å². The summed E-state index contributed by atoms with van der Waals surface area (Å²) in [5.74, 6) is 0.931. The fraction of sp³-hybridized carbons (Fsp3) is 0.526. The monoisotopic (exact) mass is 317 g/mol. The fourth-order valence-corrected chi connectivity index (χ4v) is 2.51. The lowest BCUT2D eigenvalue weighted by Crippen LogP contribution is -2.39. The largest absolute Gasteiger partial charge is 0.380 e. The van der Waals surface area contributed by atoms with E-state index in [2.05, 4.69) is 47.0 Å². The van der Waals surface area contributed by atoms with Crippen LogP contribution < -0.4 is 5.32 Å². The van der Waals surface area contributed by atoms with E-state index in [9.17, 15) is 0 Å². The number of methoxy groups -OCH3 is 1. The Hall–Kier alpha value is -1.81. The lowest BCUT2D eigenvalue weighted by atomic mass is 10.1. The van der Waals surface area contributed by atoms with Crippen LogP contribution in [0, 0.1) is 0 Å². The minimum atomic E-state index is 0.635. The number of hydrogen-bond donors (Lipinski definition) is 1. The molecule has 0 atom stereocenters. The maximum Gasteiger partial charge on any atom is 0.193 e. The molecule has 0 aliphatic rings. The van der Waals surface area contributed by atoms with Gasteiger partial charge in [-0.15, -0.1) is 6.58 Å². The first-order valence-corrected chi connectivity index (χ1v) is 8.31. The second-order valence-electron chi connectivity index (χ2n) is 5.66. The van der Waals surface area contributed by atoms with E-state index in [1.54, 1.807) is 7.11 Å². The molecule has 0 bridgehead atoms. The normalized spacial score (nSPS) is 11.3. The lowest BCUT2D eigenvalue weighted by Gasteiger charge is -2.22. The van der Waals surface area contributed by atoms with Crippen LogP contribution in [-0.4, -0.2) is 38.6 Å². The highest BCUT2D eigenvalue weighted by atomic mass is 16.5. The number of guanidine groups is 1. The lowest BCUT2D eigenvalue weighted by molar-refractivity contribution is 0.184. The van der Waals surface area contributed by atoms with Crippen molar-refractivity contribution in [2.75, 3.05) is 27.7 Å². The van der Waals surface area contributed by atoms with E-state index in [0.717, 1.165) is 25.5 Å². The zero-order chi connectivity index (χ0) is 16.9. The van der Waals surface area contributed by atoms with Gasteiger partial charge in [-0.05, 0) is 30.4 Å². The molecule has 0 heterocycles. The molecule has 0 spiro atoms. The first-order valence-electron chi connectivity index (χ1n) is 8.31. The zero-order valence-electron chi connectivity index (χ0n) is 14.8. The Kier molecular flexibility index (Phi) is 9.80. The zero-order valence-corrected chi connectivity index (χ0v) is 14.8. The minimum Gasteiger partial charge on any atom is -0.380 e. The Morgan fingerprint density at radius 2 is 2.00 bits per heavy atom. The predicted molar refractivity (Wildman–Crippen MR) is 98.6 cm³/mol. The number of rotatable bonds is 10. The summed E-state index contributed by atoms with van der Waals surface area (Å²) in [5, 5.41) is 3.44. The summed E-state index contributed by atoms with van der Waals surface area (Å²) >= 11 is 0. The summed E-state index contributed by atoms with van der Waals surface area (Å²) in [4.78, 5) is 6.57. The van der Waals surface area contributed by atoms with E-state index >= 15 is 0 Å². The second-order valence-corrected chi connectivity index (χ2v) is 5.66. The van der Waals surface area contributed by atoms with E-state index in [-0.39, 0.29) is 0 Å². The van der Waals surface area contributed by atoms with Crippen LogP contribution in [-0.2, 0) is 17.9 Å². The smallest absolute Gasteiger partial charge is 0.193 e. The van der Waals surface area contributed by atoms with Gasteiger partial charge in [0, 0.05) is 34.3 Å². The molecule has 4 heteroatoms. The van der Waals surface area contributed by atoms with Gasteiger partial charge >= 0.3 is 0 Å². The van der Waals surface area contributed by atoms with Gasteiger partial charge in [-0.25, -0.2) is 0 Å². The molecule has 0 radical (unpaired) electrons. The van der Waals surface area contributed by atoms with Crippen LogP contribution in [0.3, 0.4) is 0 Å². The third-order valence-electron chi connectivity index (χ3n) is 3.83. The molecular formula is C19H31N3O. The molecule has 1 aromatic rings. The van der Waals surface area contributed by atoms with Crippen LogP contribution in [0.1, 0.15) is 36.8 Å². The standard InChI is InChI=1S/C19H31N3O/c1-5-6-7-8-11-14-22(3)19(20-2)21-15-17-12-9-10-13-18(17)16-23-4/h5,9-10,12-13H,1,6-8,11,14-16H2,2-4H3,(H,20,21). The maximum absolute atomic E-state index is 5.26. The molecule has 1 rings (SSSR count). The van der Waals surface area contributed by atoms with E-state index in [0.29, 0.717) is 6.61 Å². The van der Waals surface area contributed by atoms with Gasteiger partial charge in [-0.2, -0.15) is 0 Å². The Bertz CT molecular complexity index is 485. The molecule has 0 amide bonds. The van der Waals surface area contributed by atoms with Gasteiger partial charge in [0.25, 0.3) is 0 Å². The van der Waals surface area contributed by atoms with Gasteiger partial charge < -0.3 is 15.0 Å². The summed E-state index contributed by atoms with van der Waals surface area (Å²) in [7, 11) is 5.64. The van der Waals surface area contributed by atoms with Crippen LogP contribution in [0.2, 0.25) is 0 Å². The summed E-state index contributed by atoms with van der Waals surface area (Å²) in [6.07, 6.45) is 6.71. The van der Waals surface area contributed by atoms with Crippen LogP contribution in [0.5, 0.6) is 0 Å². The summed E-state index contributed by atoms with van der Waals surface area (Å²) in [6, 6.07) is 8.33. The molecule has 23 heavy (non-hydrogen) atoms. The number of nitrogens with one attached hydrogen (secondary N) is 1. The van der Waals surface area contributed by atoms with Crippen LogP contribution >= 0.6 is 0 Å². The topological polar surface area (TPSA) is 36.9 Å². The second kappa shape index (κ2) is 11.7. The fourth-order valence-electron chi connectivity index (χ4n) is 2.51. The van der Waals surface area contributed by atoms with Crippen LogP contribution in [0.4, 0.5) is 0 Å². The number of ether oxygens (including phenoxy) is 1. The Balaban J connectivity index is 2.45. The molecule has 1 N–H and O–H groups in total. The van der Waals surface area contributed by atoms with Crippen molar-refractivity contribution >= 4 is 5.96 Å². The molecular weight excluding hydrogens is 286 g/mol. The van der Waals surface area contributed by atoms with Gasteiger partial charge in [0.05, 0.1) is 6.61 Å². The number of allylic oxidation sites excluding steroid dienone is 1. The highest BCUT2D eigenvalue weighted by Gasteiger charge is 2.07. The quantitative estimate of drug-likeness (QED) is 0.310. The van der Waals surface area contributed by atoms with Crippen molar-refractivity contribution in [2.45, 2.75) is 38.8 Å². The number of unbranched alkanes of at least 4 members (excludes halogenated alkanes) is 3. The third kappa shape index (κ3) is 7.33. The van der Waals surface area contributed by atoms with Gasteiger partial charge in [0.2, 0.25) is 0 Å². The van der Waals surface area contributed by atoms with E-state index in [4.69, 9.17) is 4.74 Å². The van der Waals surface area contributed by atoms with Gasteiger partial charge in [-0.3, -0.25) is 4.99 Å². The minimum absolute atomic E-state index is 0.635. The average molecular weight is 317 g/mol. The number of nitrogens with zero attached hydrogens (tertiary/aromatic N) is 2. The molecule has 0 unspecified atom stereocenters. The van der Waals surface area contributed by atoms with Gasteiger partial charge in [0.1, 0.15) is 0 Å². The van der Waals surface area contributed by atoms with Crippen molar-refractivity contribution in [3.05, 3.63) is 48.0 Å². The Morgan fingerprint density at radius 3 is 2.65 bits per heavy atom. The molecule has 0 aromatic heterocycles.